The minimum Gasteiger partial charge on any atom is -0.462 e. The van der Waals surface area contributed by atoms with Gasteiger partial charge in [0, 0.05) is 20.3 Å². The molecule has 0 saturated carbocycles. The summed E-state index contributed by atoms with van der Waals surface area (Å²) in [5, 5.41) is 0. The van der Waals surface area contributed by atoms with E-state index in [1.807, 2.05) is 0 Å². The van der Waals surface area contributed by atoms with Gasteiger partial charge in [-0.15, -0.1) is 0 Å². The fourth-order valence-electron chi connectivity index (χ4n) is 1.21. The number of carbonyl (C=O) groups is 2. The van der Waals surface area contributed by atoms with E-state index in [0.29, 0.717) is 0 Å². The van der Waals surface area contributed by atoms with Gasteiger partial charge in [-0.05, 0) is 19.1 Å². The van der Waals surface area contributed by atoms with E-state index in [1.165, 1.54) is 18.5 Å². The van der Waals surface area contributed by atoms with E-state index in [4.69, 9.17) is 9.15 Å². The highest BCUT2D eigenvalue weighted by Gasteiger charge is 2.23. The van der Waals surface area contributed by atoms with Crippen LogP contribution < -0.4 is 0 Å². The van der Waals surface area contributed by atoms with E-state index in [1.54, 1.807) is 32.0 Å². The molecule has 0 atom stereocenters. The van der Waals surface area contributed by atoms with Gasteiger partial charge in [0.1, 0.15) is 5.57 Å². The van der Waals surface area contributed by atoms with Gasteiger partial charge in [-0.3, -0.25) is 4.79 Å². The first-order chi connectivity index (χ1) is 8.06. The molecule has 0 amide bonds. The van der Waals surface area contributed by atoms with Crippen LogP contribution in [-0.4, -0.2) is 37.4 Å². The Morgan fingerprint density at radius 1 is 1.47 bits per heavy atom. The summed E-state index contributed by atoms with van der Waals surface area (Å²) < 4.78 is 9.80. The van der Waals surface area contributed by atoms with Crippen molar-refractivity contribution < 1.29 is 18.7 Å². The number of Topliss-reactive ketones (excluding diaryl/α,β-unsaturated/α-hetero) is 1. The lowest BCUT2D eigenvalue weighted by Gasteiger charge is -2.09. The Morgan fingerprint density at radius 3 is 2.65 bits per heavy atom. The van der Waals surface area contributed by atoms with Gasteiger partial charge in [-0.1, -0.05) is 0 Å². The maximum Gasteiger partial charge on any atom is 0.343 e. The van der Waals surface area contributed by atoms with Gasteiger partial charge in [0.25, 0.3) is 0 Å². The van der Waals surface area contributed by atoms with Crippen molar-refractivity contribution in [2.75, 3.05) is 20.7 Å². The lowest BCUT2D eigenvalue weighted by Crippen LogP contribution is -2.19. The van der Waals surface area contributed by atoms with Crippen LogP contribution in [-0.2, 0) is 9.53 Å². The number of carbonyl (C=O) groups excluding carboxylic acids is 2. The maximum absolute atomic E-state index is 12.0. The van der Waals surface area contributed by atoms with Gasteiger partial charge in [-0.2, -0.15) is 0 Å². The standard InChI is InChI=1S/C12H15NO4/c1-4-16-12(15)9(8-13(2)3)11(14)10-6-5-7-17-10/h5-8H,4H2,1-3H3/b9-8+. The van der Waals surface area contributed by atoms with E-state index in [0.717, 1.165) is 0 Å². The van der Waals surface area contributed by atoms with E-state index >= 15 is 0 Å². The third kappa shape index (κ3) is 3.48. The van der Waals surface area contributed by atoms with Crippen molar-refractivity contribution in [1.82, 2.24) is 4.90 Å². The molecular weight excluding hydrogens is 222 g/mol. The molecule has 0 radical (unpaired) electrons. The second-order valence-electron chi connectivity index (χ2n) is 3.53. The Morgan fingerprint density at radius 2 is 2.18 bits per heavy atom. The molecule has 0 spiro atoms. The Hall–Kier alpha value is -2.04. The van der Waals surface area contributed by atoms with Crippen LogP contribution in [0, 0.1) is 0 Å². The first kappa shape index (κ1) is 13.0. The minimum atomic E-state index is -0.650. The highest BCUT2D eigenvalue weighted by atomic mass is 16.5. The third-order valence-electron chi connectivity index (χ3n) is 1.87. The monoisotopic (exact) mass is 237 g/mol. The summed E-state index contributed by atoms with van der Waals surface area (Å²) in [6.07, 6.45) is 2.80. The van der Waals surface area contributed by atoms with Crippen LogP contribution in [0.1, 0.15) is 17.5 Å². The molecule has 0 N–H and O–H groups in total. The fourth-order valence-corrected chi connectivity index (χ4v) is 1.21. The summed E-state index contributed by atoms with van der Waals surface area (Å²) in [7, 11) is 3.43. The van der Waals surface area contributed by atoms with Gasteiger partial charge < -0.3 is 14.1 Å². The molecule has 5 heteroatoms. The number of furan rings is 1. The molecule has 0 aliphatic carbocycles. The van der Waals surface area contributed by atoms with Crippen molar-refractivity contribution in [3.8, 4) is 0 Å². The first-order valence-corrected chi connectivity index (χ1v) is 5.19. The number of rotatable bonds is 5. The molecule has 0 bridgehead atoms. The molecule has 17 heavy (non-hydrogen) atoms. The van der Waals surface area contributed by atoms with Crippen molar-refractivity contribution >= 4 is 11.8 Å². The number of esters is 1. The Balaban J connectivity index is 2.99. The maximum atomic E-state index is 12.0. The highest BCUT2D eigenvalue weighted by Crippen LogP contribution is 2.11. The van der Waals surface area contributed by atoms with Crippen molar-refractivity contribution in [2.24, 2.45) is 0 Å². The molecule has 1 aromatic heterocycles. The van der Waals surface area contributed by atoms with Crippen LogP contribution in [0.3, 0.4) is 0 Å². The zero-order valence-corrected chi connectivity index (χ0v) is 10.1. The Bertz CT molecular complexity index is 418. The van der Waals surface area contributed by atoms with Crippen LogP contribution in [0.15, 0.2) is 34.6 Å². The molecule has 1 aromatic rings. The summed E-state index contributed by atoms with van der Waals surface area (Å²) in [6.45, 7) is 1.90. The van der Waals surface area contributed by atoms with E-state index in [9.17, 15) is 9.59 Å². The largest absolute Gasteiger partial charge is 0.462 e. The number of nitrogens with zero attached hydrogens (tertiary/aromatic N) is 1. The molecule has 0 unspecified atom stereocenters. The van der Waals surface area contributed by atoms with Gasteiger partial charge in [0.2, 0.25) is 5.78 Å². The SMILES string of the molecule is CCOC(=O)/C(=C/N(C)C)C(=O)c1ccco1. The number of ketones is 1. The fraction of sp³-hybridized carbons (Fsp3) is 0.333. The second kappa shape index (κ2) is 5.89. The normalized spacial score (nSPS) is 11.1. The minimum absolute atomic E-state index is 0.0493. The highest BCUT2D eigenvalue weighted by molar-refractivity contribution is 6.23. The van der Waals surface area contributed by atoms with E-state index in [-0.39, 0.29) is 17.9 Å². The second-order valence-corrected chi connectivity index (χ2v) is 3.53. The van der Waals surface area contributed by atoms with Crippen LogP contribution in [0.5, 0.6) is 0 Å². The summed E-state index contributed by atoms with van der Waals surface area (Å²) in [5.74, 6) is -1.02. The predicted octanol–water partition coefficient (Wildman–Crippen LogP) is 1.47. The van der Waals surface area contributed by atoms with Crippen LogP contribution >= 0.6 is 0 Å². The number of ether oxygens (including phenoxy) is 1. The molecular formula is C12H15NO4. The van der Waals surface area contributed by atoms with Crippen LogP contribution in [0.25, 0.3) is 0 Å². The molecule has 92 valence electrons. The number of hydrogen-bond acceptors (Lipinski definition) is 5. The summed E-state index contributed by atoms with van der Waals surface area (Å²) >= 11 is 0. The molecule has 0 saturated heterocycles. The summed E-state index contributed by atoms with van der Waals surface area (Å²) in [5.41, 5.74) is -0.0493. The third-order valence-corrected chi connectivity index (χ3v) is 1.87. The molecule has 0 aliphatic rings. The van der Waals surface area contributed by atoms with Crippen molar-refractivity contribution in [3.63, 3.8) is 0 Å². The zero-order valence-electron chi connectivity index (χ0n) is 10.1. The summed E-state index contributed by atoms with van der Waals surface area (Å²) in [6, 6.07) is 3.09. The molecule has 1 heterocycles. The van der Waals surface area contributed by atoms with Gasteiger partial charge in [0.05, 0.1) is 12.9 Å². The smallest absolute Gasteiger partial charge is 0.343 e. The Labute approximate surface area is 99.7 Å². The van der Waals surface area contributed by atoms with Crippen molar-refractivity contribution in [2.45, 2.75) is 6.92 Å². The lowest BCUT2D eigenvalue weighted by molar-refractivity contribution is -0.138. The van der Waals surface area contributed by atoms with Crippen LogP contribution in [0.4, 0.5) is 0 Å². The lowest BCUT2D eigenvalue weighted by atomic mass is 10.1. The van der Waals surface area contributed by atoms with Gasteiger partial charge in [-0.25, -0.2) is 4.79 Å². The molecule has 0 fully saturated rings. The summed E-state index contributed by atoms with van der Waals surface area (Å²) in [4.78, 5) is 25.2. The van der Waals surface area contributed by atoms with Crippen molar-refractivity contribution in [3.05, 3.63) is 35.9 Å². The molecule has 1 rings (SSSR count). The van der Waals surface area contributed by atoms with Gasteiger partial charge in [0.15, 0.2) is 5.76 Å². The Kier molecular flexibility index (Phi) is 4.51. The topological polar surface area (TPSA) is 59.8 Å². The van der Waals surface area contributed by atoms with Gasteiger partial charge >= 0.3 is 5.97 Å². The predicted molar refractivity (Wildman–Crippen MR) is 61.4 cm³/mol. The first-order valence-electron chi connectivity index (χ1n) is 5.19. The van der Waals surface area contributed by atoms with Crippen molar-refractivity contribution in [1.29, 1.82) is 0 Å². The van der Waals surface area contributed by atoms with Crippen LogP contribution in [0.2, 0.25) is 0 Å². The molecule has 5 nitrogen and oxygen atoms in total. The zero-order chi connectivity index (χ0) is 12.8. The quantitative estimate of drug-likeness (QED) is 0.255. The molecule has 0 aromatic carbocycles. The average molecular weight is 237 g/mol. The number of hydrogen-bond donors (Lipinski definition) is 0. The van der Waals surface area contributed by atoms with E-state index in [2.05, 4.69) is 0 Å². The average Bonchev–Trinajstić information content (AvgIpc) is 2.78. The van der Waals surface area contributed by atoms with E-state index < -0.39 is 11.8 Å². The molecule has 0 aliphatic heterocycles.